The van der Waals surface area contributed by atoms with Crippen LogP contribution in [0.2, 0.25) is 5.02 Å². The van der Waals surface area contributed by atoms with Crippen LogP contribution in [0.4, 0.5) is 11.4 Å². The lowest BCUT2D eigenvalue weighted by molar-refractivity contribution is -0.385. The zero-order chi connectivity index (χ0) is 17.0. The highest BCUT2D eigenvalue weighted by Gasteiger charge is 2.20. The van der Waals surface area contributed by atoms with Gasteiger partial charge in [0.25, 0.3) is 11.6 Å². The predicted octanol–water partition coefficient (Wildman–Crippen LogP) is 3.29. The molecule has 0 fully saturated rings. The van der Waals surface area contributed by atoms with E-state index in [1.807, 2.05) is 0 Å². The Morgan fingerprint density at radius 1 is 1.17 bits per heavy atom. The topological polar surface area (TPSA) is 98.5 Å². The van der Waals surface area contributed by atoms with Crippen molar-refractivity contribution in [2.75, 3.05) is 12.4 Å². The van der Waals surface area contributed by atoms with Crippen LogP contribution in [0.1, 0.15) is 20.7 Å². The van der Waals surface area contributed by atoms with Gasteiger partial charge in [0, 0.05) is 16.8 Å². The van der Waals surface area contributed by atoms with Crippen molar-refractivity contribution in [3.05, 3.63) is 68.7 Å². The zero-order valence-electron chi connectivity index (χ0n) is 11.9. The SMILES string of the molecule is COC(=O)c1ccc(NC(=O)c2cc(Cl)ccc2[N+](=O)[O-])cc1. The van der Waals surface area contributed by atoms with E-state index in [4.69, 9.17) is 11.6 Å². The summed E-state index contributed by atoms with van der Waals surface area (Å²) < 4.78 is 4.57. The second-order valence-electron chi connectivity index (χ2n) is 4.44. The summed E-state index contributed by atoms with van der Waals surface area (Å²) in [5.41, 5.74) is 0.189. The molecule has 2 aromatic carbocycles. The van der Waals surface area contributed by atoms with E-state index in [0.717, 1.165) is 6.07 Å². The van der Waals surface area contributed by atoms with E-state index in [-0.39, 0.29) is 16.3 Å². The number of anilines is 1. The van der Waals surface area contributed by atoms with E-state index in [1.54, 1.807) is 0 Å². The molecule has 0 unspecified atom stereocenters. The Balaban J connectivity index is 2.24. The van der Waals surface area contributed by atoms with E-state index in [9.17, 15) is 19.7 Å². The first-order valence-electron chi connectivity index (χ1n) is 6.36. The summed E-state index contributed by atoms with van der Waals surface area (Å²) in [6.07, 6.45) is 0. The number of rotatable bonds is 4. The molecule has 7 nitrogen and oxygen atoms in total. The maximum atomic E-state index is 12.2. The van der Waals surface area contributed by atoms with Crippen LogP contribution in [-0.4, -0.2) is 23.9 Å². The lowest BCUT2D eigenvalue weighted by atomic mass is 10.1. The van der Waals surface area contributed by atoms with Gasteiger partial charge in [-0.15, -0.1) is 0 Å². The first-order chi connectivity index (χ1) is 10.9. The van der Waals surface area contributed by atoms with Crippen molar-refractivity contribution >= 4 is 34.9 Å². The van der Waals surface area contributed by atoms with E-state index >= 15 is 0 Å². The lowest BCUT2D eigenvalue weighted by Crippen LogP contribution is -2.14. The Hall–Kier alpha value is -2.93. The number of nitro benzene ring substituents is 1. The number of ether oxygens (including phenoxy) is 1. The van der Waals surface area contributed by atoms with Crippen LogP contribution in [0.3, 0.4) is 0 Å². The van der Waals surface area contributed by atoms with E-state index < -0.39 is 16.8 Å². The van der Waals surface area contributed by atoms with Crippen molar-refractivity contribution in [3.63, 3.8) is 0 Å². The minimum absolute atomic E-state index is 0.153. The highest BCUT2D eigenvalue weighted by Crippen LogP contribution is 2.24. The van der Waals surface area contributed by atoms with Gasteiger partial charge in [0.1, 0.15) is 5.56 Å². The maximum absolute atomic E-state index is 12.2. The van der Waals surface area contributed by atoms with Crippen molar-refractivity contribution in [1.29, 1.82) is 0 Å². The predicted molar refractivity (Wildman–Crippen MR) is 83.8 cm³/mol. The molecule has 0 aromatic heterocycles. The number of amides is 1. The molecule has 1 amide bonds. The molecule has 2 aromatic rings. The standard InChI is InChI=1S/C15H11ClN2O5/c1-23-15(20)9-2-5-11(6-3-9)17-14(19)12-8-10(16)4-7-13(12)18(21)22/h2-8H,1H3,(H,17,19). The number of hydrogen-bond acceptors (Lipinski definition) is 5. The molecule has 23 heavy (non-hydrogen) atoms. The average molecular weight is 335 g/mol. The summed E-state index contributed by atoms with van der Waals surface area (Å²) in [6.45, 7) is 0. The number of esters is 1. The lowest BCUT2D eigenvalue weighted by Gasteiger charge is -2.07. The Morgan fingerprint density at radius 3 is 2.39 bits per heavy atom. The fourth-order valence-corrected chi connectivity index (χ4v) is 2.03. The summed E-state index contributed by atoms with van der Waals surface area (Å²) in [4.78, 5) is 33.8. The van der Waals surface area contributed by atoms with Crippen LogP contribution < -0.4 is 5.32 Å². The molecular formula is C15H11ClN2O5. The average Bonchev–Trinajstić information content (AvgIpc) is 2.54. The molecule has 0 radical (unpaired) electrons. The fraction of sp³-hybridized carbons (Fsp3) is 0.0667. The van der Waals surface area contributed by atoms with Crippen molar-refractivity contribution in [3.8, 4) is 0 Å². The Bertz CT molecular complexity index is 774. The molecule has 0 saturated carbocycles. The van der Waals surface area contributed by atoms with Crippen molar-refractivity contribution in [1.82, 2.24) is 0 Å². The monoisotopic (exact) mass is 334 g/mol. The molecule has 0 aliphatic heterocycles. The van der Waals surface area contributed by atoms with Gasteiger partial charge in [0.15, 0.2) is 0 Å². The van der Waals surface area contributed by atoms with Crippen LogP contribution in [0.5, 0.6) is 0 Å². The fourth-order valence-electron chi connectivity index (χ4n) is 1.86. The molecular weight excluding hydrogens is 324 g/mol. The molecule has 0 bridgehead atoms. The van der Waals surface area contributed by atoms with Crippen molar-refractivity contribution < 1.29 is 19.2 Å². The maximum Gasteiger partial charge on any atom is 0.337 e. The molecule has 0 aliphatic carbocycles. The van der Waals surface area contributed by atoms with Crippen LogP contribution in [-0.2, 0) is 4.74 Å². The van der Waals surface area contributed by atoms with Gasteiger partial charge in [0.05, 0.1) is 17.6 Å². The first kappa shape index (κ1) is 16.4. The highest BCUT2D eigenvalue weighted by atomic mass is 35.5. The van der Waals surface area contributed by atoms with E-state index in [2.05, 4.69) is 10.1 Å². The summed E-state index contributed by atoms with van der Waals surface area (Å²) in [6, 6.07) is 9.62. The highest BCUT2D eigenvalue weighted by molar-refractivity contribution is 6.31. The Labute approximate surface area is 136 Å². The summed E-state index contributed by atoms with van der Waals surface area (Å²) in [5, 5.41) is 13.7. The molecule has 0 spiro atoms. The largest absolute Gasteiger partial charge is 0.465 e. The van der Waals surface area contributed by atoms with Crippen molar-refractivity contribution in [2.24, 2.45) is 0 Å². The summed E-state index contributed by atoms with van der Waals surface area (Å²) >= 11 is 5.79. The van der Waals surface area contributed by atoms with Gasteiger partial charge in [-0.05, 0) is 36.4 Å². The smallest absolute Gasteiger partial charge is 0.337 e. The molecule has 0 atom stereocenters. The van der Waals surface area contributed by atoms with Gasteiger partial charge in [0.2, 0.25) is 0 Å². The molecule has 0 aliphatic rings. The molecule has 118 valence electrons. The summed E-state index contributed by atoms with van der Waals surface area (Å²) in [7, 11) is 1.26. The third-order valence-corrected chi connectivity index (χ3v) is 3.20. The van der Waals surface area contributed by atoms with Crippen LogP contribution in [0.25, 0.3) is 0 Å². The Kier molecular flexibility index (Phi) is 4.92. The van der Waals surface area contributed by atoms with E-state index in [1.165, 1.54) is 43.5 Å². The van der Waals surface area contributed by atoms with Crippen molar-refractivity contribution in [2.45, 2.75) is 0 Å². The third-order valence-electron chi connectivity index (χ3n) is 2.96. The van der Waals surface area contributed by atoms with Gasteiger partial charge in [-0.1, -0.05) is 11.6 Å². The number of nitrogens with one attached hydrogen (secondary N) is 1. The van der Waals surface area contributed by atoms with Gasteiger partial charge in [-0.25, -0.2) is 4.79 Å². The number of carbonyl (C=O) groups is 2. The second kappa shape index (κ2) is 6.89. The number of carbonyl (C=O) groups excluding carboxylic acids is 2. The minimum atomic E-state index is -0.676. The van der Waals surface area contributed by atoms with E-state index in [0.29, 0.717) is 11.3 Å². The number of hydrogen-bond donors (Lipinski definition) is 1. The Morgan fingerprint density at radius 2 is 1.83 bits per heavy atom. The zero-order valence-corrected chi connectivity index (χ0v) is 12.7. The van der Waals surface area contributed by atoms with Gasteiger partial charge < -0.3 is 10.1 Å². The van der Waals surface area contributed by atoms with Crippen LogP contribution in [0.15, 0.2) is 42.5 Å². The number of halogens is 1. The quantitative estimate of drug-likeness (QED) is 0.525. The molecule has 1 N–H and O–H groups in total. The van der Waals surface area contributed by atoms with Crippen LogP contribution in [0, 0.1) is 10.1 Å². The van der Waals surface area contributed by atoms with Gasteiger partial charge in [-0.2, -0.15) is 0 Å². The number of methoxy groups -OCH3 is 1. The second-order valence-corrected chi connectivity index (χ2v) is 4.88. The summed E-state index contributed by atoms with van der Waals surface area (Å²) in [5.74, 6) is -1.18. The normalized spacial score (nSPS) is 10.0. The molecule has 8 heteroatoms. The third kappa shape index (κ3) is 3.83. The molecule has 2 rings (SSSR count). The van der Waals surface area contributed by atoms with Gasteiger partial charge >= 0.3 is 5.97 Å². The van der Waals surface area contributed by atoms with Crippen LogP contribution >= 0.6 is 11.6 Å². The number of nitro groups is 1. The molecule has 0 heterocycles. The first-order valence-corrected chi connectivity index (χ1v) is 6.74. The number of benzene rings is 2. The molecule has 0 saturated heterocycles. The van der Waals surface area contributed by atoms with Gasteiger partial charge in [-0.3, -0.25) is 14.9 Å². The minimum Gasteiger partial charge on any atom is -0.465 e. The number of nitrogens with zero attached hydrogens (tertiary/aromatic N) is 1.